The number of hydrogen-bond donors (Lipinski definition) is 1. The van der Waals surface area contributed by atoms with Crippen molar-refractivity contribution in [2.24, 2.45) is 0 Å². The van der Waals surface area contributed by atoms with Crippen molar-refractivity contribution in [2.75, 3.05) is 11.9 Å². The van der Waals surface area contributed by atoms with Gasteiger partial charge in [-0.3, -0.25) is 0 Å². The molecule has 0 radical (unpaired) electrons. The van der Waals surface area contributed by atoms with Gasteiger partial charge < -0.3 is 5.32 Å². The van der Waals surface area contributed by atoms with Crippen LogP contribution in [0.5, 0.6) is 0 Å². The lowest BCUT2D eigenvalue weighted by atomic mass is 10.1. The second-order valence-corrected chi connectivity index (χ2v) is 4.94. The zero-order chi connectivity index (χ0) is 14.8. The lowest BCUT2D eigenvalue weighted by molar-refractivity contribution is -0.134. The Morgan fingerprint density at radius 3 is 2.35 bits per heavy atom. The molecule has 2 nitrogen and oxygen atoms in total. The van der Waals surface area contributed by atoms with Crippen molar-refractivity contribution < 1.29 is 22.0 Å². The molecule has 0 fully saturated rings. The maximum Gasteiger partial charge on any atom is 0.427 e. The molecular weight excluding hydrogens is 299 g/mol. The fourth-order valence-electron chi connectivity index (χ4n) is 1.55. The first-order valence-electron chi connectivity index (χ1n) is 5.57. The van der Waals surface area contributed by atoms with Crippen molar-refractivity contribution in [3.63, 3.8) is 0 Å². The first-order valence-corrected chi connectivity index (χ1v) is 6.39. The van der Waals surface area contributed by atoms with Crippen LogP contribution in [0.2, 0.25) is 0 Å². The molecular formula is C12H9F5N2S. The molecule has 8 heteroatoms. The normalized spacial score (nSPS) is 11.7. The molecule has 0 unspecified atom stereocenters. The van der Waals surface area contributed by atoms with Crippen LogP contribution in [0.15, 0.2) is 24.4 Å². The van der Waals surface area contributed by atoms with Crippen LogP contribution in [-0.4, -0.2) is 11.5 Å². The molecule has 1 aromatic heterocycles. The Labute approximate surface area is 115 Å². The van der Waals surface area contributed by atoms with E-state index in [9.17, 15) is 22.0 Å². The summed E-state index contributed by atoms with van der Waals surface area (Å²) in [6, 6.07) is 3.51. The molecule has 2 rings (SSSR count). The van der Waals surface area contributed by atoms with E-state index in [1.165, 1.54) is 6.07 Å². The average Bonchev–Trinajstić information content (AvgIpc) is 2.81. The first kappa shape index (κ1) is 14.7. The zero-order valence-corrected chi connectivity index (χ0v) is 10.8. The van der Waals surface area contributed by atoms with Crippen LogP contribution in [-0.2, 0) is 12.6 Å². The number of alkyl halides is 3. The molecule has 0 atom stereocenters. The van der Waals surface area contributed by atoms with Crippen molar-refractivity contribution in [3.8, 4) is 0 Å². The van der Waals surface area contributed by atoms with E-state index in [0.717, 1.165) is 18.3 Å². The fourth-order valence-corrected chi connectivity index (χ4v) is 2.26. The molecule has 0 aliphatic heterocycles. The first-order chi connectivity index (χ1) is 9.38. The Bertz CT molecular complexity index is 574. The van der Waals surface area contributed by atoms with Crippen LogP contribution in [0.1, 0.15) is 10.4 Å². The average molecular weight is 308 g/mol. The molecule has 0 amide bonds. The molecule has 0 saturated carbocycles. The predicted molar refractivity (Wildman–Crippen MR) is 65.7 cm³/mol. The van der Waals surface area contributed by atoms with Crippen LogP contribution in [0.3, 0.4) is 0 Å². The summed E-state index contributed by atoms with van der Waals surface area (Å²) in [4.78, 5) is 2.74. The third-order valence-electron chi connectivity index (χ3n) is 2.50. The largest absolute Gasteiger partial charge is 0.427 e. The van der Waals surface area contributed by atoms with Crippen LogP contribution in [0.25, 0.3) is 0 Å². The van der Waals surface area contributed by atoms with Crippen LogP contribution in [0, 0.1) is 11.6 Å². The number of aromatic nitrogens is 1. The minimum Gasteiger partial charge on any atom is -0.361 e. The maximum absolute atomic E-state index is 13.3. The lowest BCUT2D eigenvalue weighted by Crippen LogP contribution is -2.07. The van der Waals surface area contributed by atoms with Crippen LogP contribution >= 0.6 is 11.3 Å². The van der Waals surface area contributed by atoms with E-state index < -0.39 is 22.7 Å². The third kappa shape index (κ3) is 3.44. The van der Waals surface area contributed by atoms with Gasteiger partial charge >= 0.3 is 6.18 Å². The van der Waals surface area contributed by atoms with Crippen LogP contribution < -0.4 is 5.32 Å². The van der Waals surface area contributed by atoms with Gasteiger partial charge in [-0.15, -0.1) is 0 Å². The molecule has 2 aromatic rings. The number of halogens is 5. The molecule has 0 saturated heterocycles. The Morgan fingerprint density at radius 2 is 1.80 bits per heavy atom. The van der Waals surface area contributed by atoms with Crippen molar-refractivity contribution in [2.45, 2.75) is 12.6 Å². The highest BCUT2D eigenvalue weighted by Crippen LogP contribution is 2.34. The summed E-state index contributed by atoms with van der Waals surface area (Å²) in [5.41, 5.74) is -0.104. The van der Waals surface area contributed by atoms with Gasteiger partial charge in [-0.05, 0) is 18.6 Å². The third-order valence-corrected chi connectivity index (χ3v) is 3.50. The summed E-state index contributed by atoms with van der Waals surface area (Å²) in [5, 5.41) is 2.68. The van der Waals surface area contributed by atoms with Crippen molar-refractivity contribution in [1.29, 1.82) is 0 Å². The van der Waals surface area contributed by atoms with Crippen molar-refractivity contribution in [1.82, 2.24) is 4.98 Å². The summed E-state index contributed by atoms with van der Waals surface area (Å²) in [6.07, 6.45) is -3.70. The van der Waals surface area contributed by atoms with Gasteiger partial charge in [-0.25, -0.2) is 13.8 Å². The summed E-state index contributed by atoms with van der Waals surface area (Å²) in [7, 11) is 0. The Kier molecular flexibility index (Phi) is 4.22. The summed E-state index contributed by atoms with van der Waals surface area (Å²) in [5.74, 6) is -1.36. The van der Waals surface area contributed by atoms with E-state index in [1.807, 2.05) is 0 Å². The standard InChI is InChI=1S/C12H9F5N2S/c13-8-2-1-3-9(14)7(8)4-5-18-11-19-6-10(20-11)12(15,16)17/h1-3,6H,4-5H2,(H,18,19). The molecule has 1 N–H and O–H groups in total. The van der Waals surface area contributed by atoms with Gasteiger partial charge in [0.25, 0.3) is 0 Å². The Hall–Kier alpha value is -1.70. The molecule has 0 aliphatic carbocycles. The summed E-state index contributed by atoms with van der Waals surface area (Å²) < 4.78 is 63.6. The molecule has 20 heavy (non-hydrogen) atoms. The Balaban J connectivity index is 1.95. The molecule has 0 bridgehead atoms. The SMILES string of the molecule is Fc1cccc(F)c1CCNc1ncc(C(F)(F)F)s1. The molecule has 0 spiro atoms. The second kappa shape index (κ2) is 5.74. The Morgan fingerprint density at radius 1 is 1.15 bits per heavy atom. The quantitative estimate of drug-likeness (QED) is 0.860. The fraction of sp³-hybridized carbons (Fsp3) is 0.250. The van der Waals surface area contributed by atoms with Crippen molar-refractivity contribution >= 4 is 16.5 Å². The van der Waals surface area contributed by atoms with Crippen LogP contribution in [0.4, 0.5) is 27.1 Å². The zero-order valence-electron chi connectivity index (χ0n) is 9.97. The van der Waals surface area contributed by atoms with E-state index in [2.05, 4.69) is 10.3 Å². The second-order valence-electron chi connectivity index (χ2n) is 3.90. The lowest BCUT2D eigenvalue weighted by Gasteiger charge is -2.05. The number of thiazole rings is 1. The molecule has 1 aromatic carbocycles. The smallest absolute Gasteiger partial charge is 0.361 e. The number of anilines is 1. The molecule has 1 heterocycles. The number of benzene rings is 1. The van der Waals surface area contributed by atoms with Gasteiger partial charge in [-0.1, -0.05) is 17.4 Å². The maximum atomic E-state index is 13.3. The minimum atomic E-state index is -4.44. The topological polar surface area (TPSA) is 24.9 Å². The van der Waals surface area contributed by atoms with Gasteiger partial charge in [0.1, 0.15) is 16.5 Å². The van der Waals surface area contributed by atoms with Gasteiger partial charge in [0.15, 0.2) is 5.13 Å². The summed E-state index contributed by atoms with van der Waals surface area (Å²) >= 11 is 0.449. The van der Waals surface area contributed by atoms with E-state index in [4.69, 9.17) is 0 Å². The minimum absolute atomic E-state index is 0.0133. The predicted octanol–water partition coefficient (Wildman–Crippen LogP) is 4.09. The van der Waals surface area contributed by atoms with Gasteiger partial charge in [0, 0.05) is 12.1 Å². The number of nitrogens with zero attached hydrogens (tertiary/aromatic N) is 1. The highest BCUT2D eigenvalue weighted by atomic mass is 32.1. The monoisotopic (exact) mass is 308 g/mol. The van der Waals surface area contributed by atoms with Gasteiger partial charge in [0.2, 0.25) is 0 Å². The highest BCUT2D eigenvalue weighted by Gasteiger charge is 2.33. The number of rotatable bonds is 4. The summed E-state index contributed by atoms with van der Waals surface area (Å²) in [6.45, 7) is 0.0860. The van der Waals surface area contributed by atoms with E-state index in [0.29, 0.717) is 11.3 Å². The van der Waals surface area contributed by atoms with Gasteiger partial charge in [-0.2, -0.15) is 13.2 Å². The number of hydrogen-bond acceptors (Lipinski definition) is 3. The molecule has 0 aliphatic rings. The van der Waals surface area contributed by atoms with E-state index in [1.54, 1.807) is 0 Å². The van der Waals surface area contributed by atoms with Crippen molar-refractivity contribution in [3.05, 3.63) is 46.5 Å². The van der Waals surface area contributed by atoms with E-state index in [-0.39, 0.29) is 23.7 Å². The highest BCUT2D eigenvalue weighted by molar-refractivity contribution is 7.15. The van der Waals surface area contributed by atoms with E-state index >= 15 is 0 Å². The molecule has 108 valence electrons. The van der Waals surface area contributed by atoms with Gasteiger partial charge in [0.05, 0.1) is 6.20 Å². The number of nitrogens with one attached hydrogen (secondary N) is 1.